The van der Waals surface area contributed by atoms with Crippen LogP contribution in [0.25, 0.3) is 0 Å². The van der Waals surface area contributed by atoms with Gasteiger partial charge in [-0.05, 0) is 25.7 Å². The monoisotopic (exact) mass is 253 g/mol. The van der Waals surface area contributed by atoms with E-state index in [-0.39, 0.29) is 11.5 Å². The normalized spacial score (nSPS) is 36.1. The molecule has 102 valence electrons. The Morgan fingerprint density at radius 2 is 2.17 bits per heavy atom. The highest BCUT2D eigenvalue weighted by Gasteiger charge is 2.42. The van der Waals surface area contributed by atoms with Crippen molar-refractivity contribution in [2.45, 2.75) is 50.2 Å². The molecule has 3 fully saturated rings. The molecule has 0 radical (unpaired) electrons. The smallest absolute Gasteiger partial charge is 0.137 e. The topological polar surface area (TPSA) is 47.6 Å². The Kier molecular flexibility index (Phi) is 3.68. The van der Waals surface area contributed by atoms with Crippen LogP contribution in [0.3, 0.4) is 0 Å². The zero-order valence-electron chi connectivity index (χ0n) is 11.0. The van der Waals surface area contributed by atoms with Gasteiger partial charge in [-0.2, -0.15) is 0 Å². The summed E-state index contributed by atoms with van der Waals surface area (Å²) in [4.78, 5) is 12.2. The second kappa shape index (κ2) is 5.27. The van der Waals surface area contributed by atoms with E-state index in [0.29, 0.717) is 24.9 Å². The third kappa shape index (κ3) is 2.92. The molecular formula is C14H23NO3. The van der Waals surface area contributed by atoms with E-state index >= 15 is 0 Å². The van der Waals surface area contributed by atoms with Crippen LogP contribution < -0.4 is 5.32 Å². The molecule has 3 aliphatic rings. The van der Waals surface area contributed by atoms with Gasteiger partial charge in [-0.25, -0.2) is 0 Å². The average molecular weight is 253 g/mol. The Bertz CT molecular complexity index is 308. The first-order chi connectivity index (χ1) is 8.77. The molecule has 1 spiro atoms. The van der Waals surface area contributed by atoms with Gasteiger partial charge in [-0.15, -0.1) is 0 Å². The molecule has 1 saturated carbocycles. The minimum atomic E-state index is -0.136. The fraction of sp³-hybridized carbons (Fsp3) is 0.929. The number of hydrogen-bond acceptors (Lipinski definition) is 4. The second-order valence-corrected chi connectivity index (χ2v) is 5.97. The van der Waals surface area contributed by atoms with Crippen molar-refractivity contribution in [3.63, 3.8) is 0 Å². The van der Waals surface area contributed by atoms with Gasteiger partial charge in [0.15, 0.2) is 0 Å². The van der Waals surface area contributed by atoms with Crippen LogP contribution in [-0.2, 0) is 14.3 Å². The lowest BCUT2D eigenvalue weighted by Gasteiger charge is -2.36. The molecule has 4 nitrogen and oxygen atoms in total. The molecule has 0 aromatic heterocycles. The Balaban J connectivity index is 1.46. The third-order valence-corrected chi connectivity index (χ3v) is 4.40. The molecule has 0 aromatic carbocycles. The highest BCUT2D eigenvalue weighted by molar-refractivity contribution is 5.81. The van der Waals surface area contributed by atoms with Crippen molar-refractivity contribution in [3.8, 4) is 0 Å². The van der Waals surface area contributed by atoms with Gasteiger partial charge in [0, 0.05) is 44.6 Å². The SMILES string of the molecule is O=C(CCNC1CC1)C1CCOC2(CCOC2)C1. The molecule has 2 saturated heterocycles. The highest BCUT2D eigenvalue weighted by Crippen LogP contribution is 2.36. The lowest BCUT2D eigenvalue weighted by Crippen LogP contribution is -2.42. The predicted molar refractivity (Wildman–Crippen MR) is 67.5 cm³/mol. The first-order valence-corrected chi connectivity index (χ1v) is 7.25. The first kappa shape index (κ1) is 12.6. The summed E-state index contributed by atoms with van der Waals surface area (Å²) >= 11 is 0. The molecule has 1 aliphatic carbocycles. The van der Waals surface area contributed by atoms with Crippen LogP contribution in [0, 0.1) is 5.92 Å². The maximum atomic E-state index is 12.2. The van der Waals surface area contributed by atoms with Crippen molar-refractivity contribution in [1.29, 1.82) is 0 Å². The fourth-order valence-corrected chi connectivity index (χ4v) is 3.06. The van der Waals surface area contributed by atoms with Gasteiger partial charge in [0.1, 0.15) is 5.78 Å². The molecule has 1 N–H and O–H groups in total. The summed E-state index contributed by atoms with van der Waals surface area (Å²) in [5, 5.41) is 3.41. The van der Waals surface area contributed by atoms with E-state index in [2.05, 4.69) is 5.32 Å². The summed E-state index contributed by atoms with van der Waals surface area (Å²) in [7, 11) is 0. The number of carbonyl (C=O) groups excluding carboxylic acids is 1. The standard InChI is InChI=1S/C14H23NO3/c16-13(3-6-15-12-1-2-12)11-4-7-18-14(9-11)5-8-17-10-14/h11-12,15H,1-10H2. The molecule has 2 unspecified atom stereocenters. The van der Waals surface area contributed by atoms with Crippen LogP contribution in [-0.4, -0.2) is 43.8 Å². The lowest BCUT2D eigenvalue weighted by molar-refractivity contribution is -0.137. The van der Waals surface area contributed by atoms with E-state index in [1.54, 1.807) is 0 Å². The van der Waals surface area contributed by atoms with Crippen LogP contribution in [0.15, 0.2) is 0 Å². The Labute approximate surface area is 108 Å². The second-order valence-electron chi connectivity index (χ2n) is 5.97. The van der Waals surface area contributed by atoms with Gasteiger partial charge in [0.25, 0.3) is 0 Å². The van der Waals surface area contributed by atoms with E-state index in [1.807, 2.05) is 0 Å². The molecule has 18 heavy (non-hydrogen) atoms. The number of ether oxygens (including phenoxy) is 2. The van der Waals surface area contributed by atoms with E-state index in [1.165, 1.54) is 12.8 Å². The van der Waals surface area contributed by atoms with Crippen LogP contribution in [0.2, 0.25) is 0 Å². The van der Waals surface area contributed by atoms with Gasteiger partial charge in [0.2, 0.25) is 0 Å². The van der Waals surface area contributed by atoms with Gasteiger partial charge >= 0.3 is 0 Å². The highest BCUT2D eigenvalue weighted by atomic mass is 16.6. The van der Waals surface area contributed by atoms with Crippen LogP contribution in [0.1, 0.15) is 38.5 Å². The van der Waals surface area contributed by atoms with Crippen molar-refractivity contribution in [1.82, 2.24) is 5.32 Å². The quantitative estimate of drug-likeness (QED) is 0.802. The average Bonchev–Trinajstić information content (AvgIpc) is 3.10. The summed E-state index contributed by atoms with van der Waals surface area (Å²) in [6.07, 6.45) is 5.96. The Morgan fingerprint density at radius 3 is 2.89 bits per heavy atom. The van der Waals surface area contributed by atoms with E-state index < -0.39 is 0 Å². The van der Waals surface area contributed by atoms with Crippen molar-refractivity contribution in [2.75, 3.05) is 26.4 Å². The summed E-state index contributed by atoms with van der Waals surface area (Å²) in [6.45, 7) is 3.03. The third-order valence-electron chi connectivity index (χ3n) is 4.40. The number of nitrogens with one attached hydrogen (secondary N) is 1. The minimum absolute atomic E-state index is 0.136. The summed E-state index contributed by atoms with van der Waals surface area (Å²) < 4.78 is 11.3. The minimum Gasteiger partial charge on any atom is -0.378 e. The van der Waals surface area contributed by atoms with Crippen molar-refractivity contribution in [3.05, 3.63) is 0 Å². The molecule has 0 bridgehead atoms. The summed E-state index contributed by atoms with van der Waals surface area (Å²) in [6, 6.07) is 0.696. The predicted octanol–water partition coefficient (Wildman–Crippen LogP) is 1.28. The molecule has 2 atom stereocenters. The Morgan fingerprint density at radius 1 is 1.28 bits per heavy atom. The van der Waals surface area contributed by atoms with Gasteiger partial charge < -0.3 is 14.8 Å². The van der Waals surface area contributed by atoms with Crippen LogP contribution in [0.5, 0.6) is 0 Å². The first-order valence-electron chi connectivity index (χ1n) is 7.25. The largest absolute Gasteiger partial charge is 0.378 e. The molecule has 0 amide bonds. The number of carbonyl (C=O) groups is 1. The number of ketones is 1. The molecule has 2 heterocycles. The van der Waals surface area contributed by atoms with E-state index in [0.717, 1.165) is 39.0 Å². The van der Waals surface area contributed by atoms with Crippen molar-refractivity contribution in [2.24, 2.45) is 5.92 Å². The zero-order valence-corrected chi connectivity index (χ0v) is 11.0. The van der Waals surface area contributed by atoms with E-state index in [4.69, 9.17) is 9.47 Å². The zero-order chi connectivity index (χ0) is 12.4. The molecule has 2 aliphatic heterocycles. The van der Waals surface area contributed by atoms with Crippen molar-refractivity contribution < 1.29 is 14.3 Å². The van der Waals surface area contributed by atoms with Gasteiger partial charge in [-0.3, -0.25) is 4.79 Å². The molecular weight excluding hydrogens is 230 g/mol. The molecule has 3 rings (SSSR count). The Hall–Kier alpha value is -0.450. The van der Waals surface area contributed by atoms with Crippen molar-refractivity contribution >= 4 is 5.78 Å². The number of rotatable bonds is 5. The summed E-state index contributed by atoms with van der Waals surface area (Å²) in [5.74, 6) is 0.610. The lowest BCUT2D eigenvalue weighted by atomic mass is 9.82. The maximum absolute atomic E-state index is 12.2. The van der Waals surface area contributed by atoms with Gasteiger partial charge in [-0.1, -0.05) is 0 Å². The number of Topliss-reactive ketones (excluding diaryl/α,β-unsaturated/α-hetero) is 1. The molecule has 0 aromatic rings. The van der Waals surface area contributed by atoms with Crippen LogP contribution in [0.4, 0.5) is 0 Å². The fourth-order valence-electron chi connectivity index (χ4n) is 3.06. The summed E-state index contributed by atoms with van der Waals surface area (Å²) in [5.41, 5.74) is -0.136. The van der Waals surface area contributed by atoms with Gasteiger partial charge in [0.05, 0.1) is 12.2 Å². The van der Waals surface area contributed by atoms with E-state index in [9.17, 15) is 4.79 Å². The molecule has 4 heteroatoms. The maximum Gasteiger partial charge on any atom is 0.137 e. The van der Waals surface area contributed by atoms with Crippen LogP contribution >= 0.6 is 0 Å². The number of hydrogen-bond donors (Lipinski definition) is 1.